The first kappa shape index (κ1) is 18.9. The zero-order valence-corrected chi connectivity index (χ0v) is 13.7. The largest absolute Gasteiger partial charge is 0.493 e. The number of nitrogens with zero attached hydrogens (tertiary/aromatic N) is 1. The molecule has 1 aromatic carbocycles. The Morgan fingerprint density at radius 3 is 3.00 bits per heavy atom. The maximum absolute atomic E-state index is 12.3. The van der Waals surface area contributed by atoms with Crippen molar-refractivity contribution in [3.05, 3.63) is 23.8 Å². The minimum atomic E-state index is -2.94. The van der Waals surface area contributed by atoms with Crippen molar-refractivity contribution >= 4 is 12.1 Å². The third-order valence-corrected chi connectivity index (χ3v) is 3.43. The molecule has 1 atom stereocenters. The van der Waals surface area contributed by atoms with E-state index in [9.17, 15) is 13.6 Å². The highest BCUT2D eigenvalue weighted by Crippen LogP contribution is 2.28. The van der Waals surface area contributed by atoms with Gasteiger partial charge in [-0.2, -0.15) is 8.78 Å². The van der Waals surface area contributed by atoms with Crippen LogP contribution in [0, 0.1) is 0 Å². The van der Waals surface area contributed by atoms with Gasteiger partial charge in [-0.3, -0.25) is 4.79 Å². The van der Waals surface area contributed by atoms with E-state index in [0.717, 1.165) is 19.4 Å². The molecule has 25 heavy (non-hydrogen) atoms. The third-order valence-electron chi connectivity index (χ3n) is 3.43. The maximum Gasteiger partial charge on any atom is 0.387 e. The number of carbonyl (C=O) groups excluding carboxylic acids is 1. The molecule has 0 unspecified atom stereocenters. The van der Waals surface area contributed by atoms with Gasteiger partial charge < -0.3 is 24.4 Å². The second kappa shape index (κ2) is 9.77. The molecule has 0 aromatic heterocycles. The summed E-state index contributed by atoms with van der Waals surface area (Å²) < 4.78 is 39.2. The molecule has 1 N–H and O–H groups in total. The van der Waals surface area contributed by atoms with Gasteiger partial charge in [0.25, 0.3) is 5.91 Å². The number of nitrogens with one attached hydrogen (secondary N) is 1. The van der Waals surface area contributed by atoms with E-state index in [2.05, 4.69) is 15.2 Å². The molecule has 0 saturated carbocycles. The van der Waals surface area contributed by atoms with Gasteiger partial charge in [0.05, 0.1) is 19.4 Å². The summed E-state index contributed by atoms with van der Waals surface area (Å²) in [5, 5.41) is 6.36. The molecule has 1 aliphatic heterocycles. The van der Waals surface area contributed by atoms with E-state index >= 15 is 0 Å². The predicted molar refractivity (Wildman–Crippen MR) is 85.2 cm³/mol. The van der Waals surface area contributed by atoms with Crippen LogP contribution in [0.4, 0.5) is 8.78 Å². The molecular formula is C16H20F2N2O5. The van der Waals surface area contributed by atoms with Gasteiger partial charge in [0.2, 0.25) is 0 Å². The highest BCUT2D eigenvalue weighted by atomic mass is 19.3. The van der Waals surface area contributed by atoms with Crippen molar-refractivity contribution in [2.75, 3.05) is 26.9 Å². The molecule has 2 rings (SSSR count). The van der Waals surface area contributed by atoms with Crippen LogP contribution in [0.5, 0.6) is 11.5 Å². The number of carbonyl (C=O) groups is 1. The number of oxime groups is 1. The zero-order valence-electron chi connectivity index (χ0n) is 13.7. The van der Waals surface area contributed by atoms with Gasteiger partial charge in [-0.25, -0.2) is 0 Å². The van der Waals surface area contributed by atoms with Crippen LogP contribution < -0.4 is 14.8 Å². The van der Waals surface area contributed by atoms with E-state index in [0.29, 0.717) is 12.1 Å². The fourth-order valence-electron chi connectivity index (χ4n) is 2.24. The first-order valence-electron chi connectivity index (χ1n) is 7.75. The summed E-state index contributed by atoms with van der Waals surface area (Å²) in [7, 11) is 1.34. The molecule has 0 spiro atoms. The lowest BCUT2D eigenvalue weighted by Gasteiger charge is -2.10. The molecule has 1 heterocycles. The van der Waals surface area contributed by atoms with E-state index in [1.165, 1.54) is 31.5 Å². The number of rotatable bonds is 9. The summed E-state index contributed by atoms with van der Waals surface area (Å²) in [5.41, 5.74) is 0.540. The Hall–Kier alpha value is -2.42. The fraction of sp³-hybridized carbons (Fsp3) is 0.500. The molecule has 7 nitrogen and oxygen atoms in total. The minimum Gasteiger partial charge on any atom is -0.493 e. The lowest BCUT2D eigenvalue weighted by molar-refractivity contribution is -0.126. The predicted octanol–water partition coefficient (Wildman–Crippen LogP) is 1.94. The van der Waals surface area contributed by atoms with Crippen molar-refractivity contribution in [2.45, 2.75) is 25.6 Å². The smallest absolute Gasteiger partial charge is 0.387 e. The Bertz CT molecular complexity index is 592. The lowest BCUT2D eigenvalue weighted by Crippen LogP contribution is -2.33. The number of ether oxygens (including phenoxy) is 3. The third kappa shape index (κ3) is 6.54. The van der Waals surface area contributed by atoms with Crippen LogP contribution in [0.3, 0.4) is 0 Å². The maximum atomic E-state index is 12.3. The molecule has 1 saturated heterocycles. The number of methoxy groups -OCH3 is 1. The summed E-state index contributed by atoms with van der Waals surface area (Å²) in [4.78, 5) is 16.5. The summed E-state index contributed by atoms with van der Waals surface area (Å²) >= 11 is 0. The van der Waals surface area contributed by atoms with Gasteiger partial charge in [-0.05, 0) is 31.0 Å². The SMILES string of the molecule is COc1cc(/C=N\OCC(=O)NC[C@@H]2CCCO2)ccc1OC(F)F. The lowest BCUT2D eigenvalue weighted by atomic mass is 10.2. The molecule has 138 valence electrons. The number of alkyl halides is 2. The van der Waals surface area contributed by atoms with Crippen LogP contribution in [-0.4, -0.2) is 51.7 Å². The Balaban J connectivity index is 1.76. The average molecular weight is 358 g/mol. The van der Waals surface area contributed by atoms with Crippen molar-refractivity contribution in [2.24, 2.45) is 5.16 Å². The number of hydrogen-bond donors (Lipinski definition) is 1. The first-order chi connectivity index (χ1) is 12.1. The molecular weight excluding hydrogens is 338 g/mol. The van der Waals surface area contributed by atoms with Crippen molar-refractivity contribution < 1.29 is 32.6 Å². The quantitative estimate of drug-likeness (QED) is 0.539. The van der Waals surface area contributed by atoms with E-state index in [1.807, 2.05) is 0 Å². The number of amides is 1. The standard InChI is InChI=1S/C16H20F2N2O5/c1-22-14-7-11(4-5-13(14)25-16(17)18)8-20-24-10-15(21)19-9-12-3-2-6-23-12/h4-5,7-8,12,16H,2-3,6,9-10H2,1H3,(H,19,21)/b20-8-/t12-/m0/s1. The van der Waals surface area contributed by atoms with E-state index < -0.39 is 6.61 Å². The Morgan fingerprint density at radius 2 is 2.32 bits per heavy atom. The van der Waals surface area contributed by atoms with Crippen molar-refractivity contribution in [3.63, 3.8) is 0 Å². The summed E-state index contributed by atoms with van der Waals surface area (Å²) in [6.07, 6.45) is 3.34. The Kier molecular flexibility index (Phi) is 7.39. The summed E-state index contributed by atoms with van der Waals surface area (Å²) in [6, 6.07) is 4.30. The van der Waals surface area contributed by atoms with Gasteiger partial charge in [0.15, 0.2) is 18.1 Å². The molecule has 1 aliphatic rings. The Labute approximate surface area is 143 Å². The van der Waals surface area contributed by atoms with Crippen LogP contribution in [0.15, 0.2) is 23.4 Å². The van der Waals surface area contributed by atoms with Gasteiger partial charge in [-0.15, -0.1) is 0 Å². The van der Waals surface area contributed by atoms with E-state index in [1.54, 1.807) is 0 Å². The van der Waals surface area contributed by atoms with Crippen molar-refractivity contribution in [3.8, 4) is 11.5 Å². The van der Waals surface area contributed by atoms with Crippen LogP contribution in [0.25, 0.3) is 0 Å². The second-order valence-electron chi connectivity index (χ2n) is 5.24. The average Bonchev–Trinajstić information content (AvgIpc) is 3.11. The van der Waals surface area contributed by atoms with Gasteiger partial charge in [-0.1, -0.05) is 5.16 Å². The topological polar surface area (TPSA) is 78.4 Å². The normalized spacial score (nSPS) is 17.0. The molecule has 0 bridgehead atoms. The molecule has 1 fully saturated rings. The van der Waals surface area contributed by atoms with Crippen LogP contribution in [-0.2, 0) is 14.4 Å². The fourth-order valence-corrected chi connectivity index (χ4v) is 2.24. The number of hydrogen-bond acceptors (Lipinski definition) is 6. The summed E-state index contributed by atoms with van der Waals surface area (Å²) in [6.45, 7) is -1.99. The van der Waals surface area contributed by atoms with Crippen LogP contribution in [0.1, 0.15) is 18.4 Å². The van der Waals surface area contributed by atoms with E-state index in [4.69, 9.17) is 14.3 Å². The van der Waals surface area contributed by atoms with Crippen molar-refractivity contribution in [1.82, 2.24) is 5.32 Å². The van der Waals surface area contributed by atoms with Gasteiger partial charge in [0.1, 0.15) is 0 Å². The minimum absolute atomic E-state index is 0.0638. The molecule has 0 radical (unpaired) electrons. The number of benzene rings is 1. The highest BCUT2D eigenvalue weighted by molar-refractivity contribution is 5.81. The number of halogens is 2. The Morgan fingerprint density at radius 1 is 1.48 bits per heavy atom. The highest BCUT2D eigenvalue weighted by Gasteiger charge is 2.16. The second-order valence-corrected chi connectivity index (χ2v) is 5.24. The molecule has 9 heteroatoms. The van der Waals surface area contributed by atoms with Gasteiger partial charge >= 0.3 is 6.61 Å². The zero-order chi connectivity index (χ0) is 18.1. The molecule has 1 aromatic rings. The monoisotopic (exact) mass is 358 g/mol. The van der Waals surface area contributed by atoms with Gasteiger partial charge in [0, 0.05) is 18.7 Å². The molecule has 1 amide bonds. The van der Waals surface area contributed by atoms with Crippen molar-refractivity contribution in [1.29, 1.82) is 0 Å². The first-order valence-corrected chi connectivity index (χ1v) is 7.75. The molecule has 0 aliphatic carbocycles. The van der Waals surface area contributed by atoms with Crippen LogP contribution >= 0.6 is 0 Å². The van der Waals surface area contributed by atoms with E-state index in [-0.39, 0.29) is 30.1 Å². The summed E-state index contributed by atoms with van der Waals surface area (Å²) in [5.74, 6) is -0.242. The van der Waals surface area contributed by atoms with Crippen LogP contribution in [0.2, 0.25) is 0 Å².